The van der Waals surface area contributed by atoms with E-state index in [1.54, 1.807) is 31.7 Å². The number of sulfonamides is 2. The van der Waals surface area contributed by atoms with Gasteiger partial charge < -0.3 is 4.57 Å². The Labute approximate surface area is 190 Å². The quantitative estimate of drug-likeness (QED) is 0.515. The van der Waals surface area contributed by atoms with Gasteiger partial charge in [-0.25, -0.2) is 30.5 Å². The minimum Gasteiger partial charge on any atom is -0.340 e. The summed E-state index contributed by atoms with van der Waals surface area (Å²) < 4.78 is 65.9. The van der Waals surface area contributed by atoms with Crippen LogP contribution in [0.2, 0.25) is 5.02 Å². The molecule has 1 fully saturated rings. The maximum atomic E-state index is 14.4. The summed E-state index contributed by atoms with van der Waals surface area (Å²) >= 11 is 5.90. The third kappa shape index (κ3) is 5.29. The maximum absolute atomic E-state index is 14.4. The Hall–Kier alpha value is -2.06. The molecule has 1 aromatic heterocycles. The lowest BCUT2D eigenvalue weighted by Crippen LogP contribution is -2.55. The number of carbonyl (C=O) groups is 1. The van der Waals surface area contributed by atoms with E-state index in [-0.39, 0.29) is 18.1 Å². The highest BCUT2D eigenvalue weighted by Gasteiger charge is 2.39. The molecule has 32 heavy (non-hydrogen) atoms. The Morgan fingerprint density at radius 2 is 1.94 bits per heavy atom. The number of nitrogens with zero attached hydrogens (tertiary/aromatic N) is 3. The molecule has 2 aromatic rings. The number of rotatable bonds is 8. The van der Waals surface area contributed by atoms with Crippen molar-refractivity contribution in [3.05, 3.63) is 41.1 Å². The van der Waals surface area contributed by atoms with Crippen LogP contribution in [0.25, 0.3) is 11.3 Å². The van der Waals surface area contributed by atoms with Crippen LogP contribution in [0.3, 0.4) is 0 Å². The Bertz CT molecular complexity index is 1240. The van der Waals surface area contributed by atoms with Gasteiger partial charge in [-0.1, -0.05) is 11.6 Å². The summed E-state index contributed by atoms with van der Waals surface area (Å²) in [5.41, 5.74) is 2.35. The molecule has 0 unspecified atom stereocenters. The van der Waals surface area contributed by atoms with Gasteiger partial charge in [0.25, 0.3) is 5.91 Å². The predicted molar refractivity (Wildman–Crippen MR) is 117 cm³/mol. The molecule has 0 aliphatic carbocycles. The van der Waals surface area contributed by atoms with Gasteiger partial charge in [0.1, 0.15) is 0 Å². The van der Waals surface area contributed by atoms with Gasteiger partial charge in [0.05, 0.1) is 33.6 Å². The molecule has 0 spiro atoms. The zero-order valence-corrected chi connectivity index (χ0v) is 19.9. The standard InChI is InChI=1S/C18H23ClFN5O5S2/c1-11(2)32(29,30)25-6-12(7-25)9-31(27,28)23-22-18(26)14-4-13(5-15(19)17(14)20)16-8-24(3)10-21-16/h4-5,8,10-12,23H,6-7,9H2,1-3H3,(H,22,26). The first kappa shape index (κ1) is 24.6. The molecule has 0 atom stereocenters. The molecule has 10 nitrogen and oxygen atoms in total. The van der Waals surface area contributed by atoms with Crippen molar-refractivity contribution in [2.75, 3.05) is 18.8 Å². The zero-order chi connectivity index (χ0) is 23.8. The van der Waals surface area contributed by atoms with E-state index < -0.39 is 54.3 Å². The number of amides is 1. The number of nitrogens with one attached hydrogen (secondary N) is 2. The average Bonchev–Trinajstić information content (AvgIpc) is 3.10. The molecule has 1 saturated heterocycles. The van der Waals surface area contributed by atoms with Gasteiger partial charge in [0.2, 0.25) is 20.0 Å². The number of imidazole rings is 1. The first-order chi connectivity index (χ1) is 14.8. The second-order valence-corrected chi connectivity index (χ2v) is 12.5. The van der Waals surface area contributed by atoms with E-state index in [4.69, 9.17) is 11.6 Å². The fourth-order valence-corrected chi connectivity index (χ4v) is 5.96. The van der Waals surface area contributed by atoms with E-state index in [9.17, 15) is 26.0 Å². The third-order valence-corrected chi connectivity index (χ3v) is 8.74. The summed E-state index contributed by atoms with van der Waals surface area (Å²) in [6.45, 7) is 3.24. The summed E-state index contributed by atoms with van der Waals surface area (Å²) in [5, 5.41) is -0.914. The van der Waals surface area contributed by atoms with E-state index in [2.05, 4.69) is 4.98 Å². The lowest BCUT2D eigenvalue weighted by Gasteiger charge is -2.38. The fraction of sp³-hybridized carbons (Fsp3) is 0.444. The Morgan fingerprint density at radius 1 is 1.28 bits per heavy atom. The highest BCUT2D eigenvalue weighted by molar-refractivity contribution is 7.90. The lowest BCUT2D eigenvalue weighted by molar-refractivity contribution is 0.0941. The minimum absolute atomic E-state index is 0.0751. The first-order valence-electron chi connectivity index (χ1n) is 9.56. The normalized spacial score (nSPS) is 15.7. The lowest BCUT2D eigenvalue weighted by atomic mass is 10.1. The van der Waals surface area contributed by atoms with Crippen molar-refractivity contribution in [2.45, 2.75) is 19.1 Å². The van der Waals surface area contributed by atoms with Gasteiger partial charge in [0, 0.05) is 37.8 Å². The van der Waals surface area contributed by atoms with Crippen LogP contribution in [0, 0.1) is 11.7 Å². The van der Waals surface area contributed by atoms with E-state index >= 15 is 0 Å². The second kappa shape index (κ2) is 9.06. The Kier molecular flexibility index (Phi) is 6.96. The van der Waals surface area contributed by atoms with Crippen molar-refractivity contribution < 1.29 is 26.0 Å². The van der Waals surface area contributed by atoms with Crippen LogP contribution >= 0.6 is 11.6 Å². The molecule has 2 heterocycles. The van der Waals surface area contributed by atoms with Crippen LogP contribution in [0.5, 0.6) is 0 Å². The number of hydrogen-bond donors (Lipinski definition) is 2. The highest BCUT2D eigenvalue weighted by Crippen LogP contribution is 2.27. The Balaban J connectivity index is 1.64. The number of halogens is 2. The highest BCUT2D eigenvalue weighted by atomic mass is 35.5. The second-order valence-electron chi connectivity index (χ2n) is 7.86. The molecular weight excluding hydrogens is 485 g/mol. The van der Waals surface area contributed by atoms with E-state index in [0.29, 0.717) is 11.3 Å². The van der Waals surface area contributed by atoms with Crippen LogP contribution in [-0.4, -0.2) is 60.7 Å². The molecule has 0 saturated carbocycles. The van der Waals surface area contributed by atoms with Crippen LogP contribution < -0.4 is 10.3 Å². The minimum atomic E-state index is -3.99. The number of carbonyl (C=O) groups excluding carboxylic acids is 1. The number of aryl methyl sites for hydroxylation is 1. The number of benzene rings is 1. The van der Waals surface area contributed by atoms with E-state index in [1.807, 2.05) is 10.3 Å². The van der Waals surface area contributed by atoms with E-state index in [0.717, 1.165) is 0 Å². The van der Waals surface area contributed by atoms with Crippen LogP contribution in [0.1, 0.15) is 24.2 Å². The molecule has 1 amide bonds. The molecule has 1 aliphatic rings. The van der Waals surface area contributed by atoms with Crippen molar-refractivity contribution >= 4 is 37.6 Å². The van der Waals surface area contributed by atoms with Gasteiger partial charge in [0.15, 0.2) is 5.82 Å². The molecule has 176 valence electrons. The van der Waals surface area contributed by atoms with Crippen LogP contribution in [0.4, 0.5) is 4.39 Å². The summed E-state index contributed by atoms with van der Waals surface area (Å²) in [5.74, 6) is -2.86. The van der Waals surface area contributed by atoms with Crippen LogP contribution in [0.15, 0.2) is 24.7 Å². The van der Waals surface area contributed by atoms with Gasteiger partial charge in [-0.05, 0) is 26.0 Å². The van der Waals surface area contributed by atoms with Gasteiger partial charge in [-0.2, -0.15) is 0 Å². The monoisotopic (exact) mass is 507 g/mol. The molecule has 0 bridgehead atoms. The SMILES string of the molecule is CC(C)S(=O)(=O)N1CC(CS(=O)(=O)NNC(=O)c2cc(-c3cn(C)cn3)cc(Cl)c2F)C1. The molecular formula is C18H23ClFN5O5S2. The largest absolute Gasteiger partial charge is 0.340 e. The van der Waals surface area contributed by atoms with Crippen molar-refractivity contribution in [2.24, 2.45) is 13.0 Å². The summed E-state index contributed by atoms with van der Waals surface area (Å²) in [6, 6.07) is 2.53. The van der Waals surface area contributed by atoms with Gasteiger partial charge in [-0.15, -0.1) is 4.83 Å². The topological polar surface area (TPSA) is 130 Å². The molecule has 1 aromatic carbocycles. The maximum Gasteiger partial charge on any atom is 0.269 e. The van der Waals surface area contributed by atoms with Crippen molar-refractivity contribution in [3.8, 4) is 11.3 Å². The third-order valence-electron chi connectivity index (χ3n) is 4.93. The van der Waals surface area contributed by atoms with Gasteiger partial charge >= 0.3 is 0 Å². The molecule has 14 heteroatoms. The first-order valence-corrected chi connectivity index (χ1v) is 13.1. The van der Waals surface area contributed by atoms with Crippen molar-refractivity contribution in [3.63, 3.8) is 0 Å². The summed E-state index contributed by atoms with van der Waals surface area (Å²) in [4.78, 5) is 18.5. The molecule has 3 rings (SSSR count). The summed E-state index contributed by atoms with van der Waals surface area (Å²) in [6.07, 6.45) is 3.17. The van der Waals surface area contributed by atoms with Crippen molar-refractivity contribution in [1.29, 1.82) is 0 Å². The average molecular weight is 508 g/mol. The molecule has 2 N–H and O–H groups in total. The fourth-order valence-electron chi connectivity index (χ4n) is 3.14. The molecule has 1 aliphatic heterocycles. The zero-order valence-electron chi connectivity index (χ0n) is 17.5. The smallest absolute Gasteiger partial charge is 0.269 e. The number of hydrazine groups is 1. The summed E-state index contributed by atoms with van der Waals surface area (Å²) in [7, 11) is -5.69. The molecule has 0 radical (unpaired) electrons. The number of aromatic nitrogens is 2. The van der Waals surface area contributed by atoms with Gasteiger partial charge in [-0.3, -0.25) is 10.2 Å². The predicted octanol–water partition coefficient (Wildman–Crippen LogP) is 1.11. The van der Waals surface area contributed by atoms with Crippen LogP contribution in [-0.2, 0) is 27.1 Å². The van der Waals surface area contributed by atoms with E-state index in [1.165, 1.54) is 22.8 Å². The Morgan fingerprint density at radius 3 is 2.50 bits per heavy atom. The number of hydrogen-bond acceptors (Lipinski definition) is 6. The van der Waals surface area contributed by atoms with Crippen molar-refractivity contribution in [1.82, 2.24) is 24.1 Å².